The fourth-order valence-corrected chi connectivity index (χ4v) is 2.37. The number of aromatic amines is 1. The molecule has 2 atom stereocenters. The highest BCUT2D eigenvalue weighted by molar-refractivity contribution is 5.72. The van der Waals surface area contributed by atoms with Crippen LogP contribution < -0.4 is 5.76 Å². The minimum Gasteiger partial charge on any atom is -0.408 e. The molecule has 2 aromatic carbocycles. The van der Waals surface area contributed by atoms with E-state index >= 15 is 0 Å². The van der Waals surface area contributed by atoms with Gasteiger partial charge in [0.15, 0.2) is 5.58 Å². The van der Waals surface area contributed by atoms with E-state index in [9.17, 15) is 9.90 Å². The Morgan fingerprint density at radius 2 is 1.85 bits per heavy atom. The maximum atomic E-state index is 11.1. The van der Waals surface area contributed by atoms with Gasteiger partial charge < -0.3 is 9.52 Å². The normalized spacial score (nSPS) is 14.3. The molecule has 0 aliphatic heterocycles. The number of H-pyrrole nitrogens is 1. The third-order valence-corrected chi connectivity index (χ3v) is 3.59. The van der Waals surface area contributed by atoms with Crippen molar-refractivity contribution in [2.45, 2.75) is 18.9 Å². The van der Waals surface area contributed by atoms with Gasteiger partial charge in [0, 0.05) is 5.92 Å². The van der Waals surface area contributed by atoms with E-state index in [1.165, 1.54) is 0 Å². The van der Waals surface area contributed by atoms with Crippen LogP contribution in [0.5, 0.6) is 0 Å². The number of fused-ring (bicyclic) bond motifs is 1. The maximum absolute atomic E-state index is 11.1. The highest BCUT2D eigenvalue weighted by atomic mass is 16.4. The molecule has 4 nitrogen and oxygen atoms in total. The van der Waals surface area contributed by atoms with Gasteiger partial charge in [0.25, 0.3) is 0 Å². The van der Waals surface area contributed by atoms with Gasteiger partial charge in [-0.25, -0.2) is 4.79 Å². The molecule has 0 spiro atoms. The minimum absolute atomic E-state index is 0.0423. The van der Waals surface area contributed by atoms with Crippen LogP contribution in [0.2, 0.25) is 0 Å². The van der Waals surface area contributed by atoms with Gasteiger partial charge >= 0.3 is 5.76 Å². The fraction of sp³-hybridized carbons (Fsp3) is 0.188. The van der Waals surface area contributed by atoms with E-state index in [-0.39, 0.29) is 5.92 Å². The first-order chi connectivity index (χ1) is 9.65. The van der Waals surface area contributed by atoms with Crippen LogP contribution in [0.15, 0.2) is 57.7 Å². The van der Waals surface area contributed by atoms with Crippen LogP contribution >= 0.6 is 0 Å². The highest BCUT2D eigenvalue weighted by Crippen LogP contribution is 2.31. The molecular weight excluding hydrogens is 254 g/mol. The zero-order chi connectivity index (χ0) is 14.1. The topological polar surface area (TPSA) is 66.2 Å². The minimum atomic E-state index is -0.651. The number of hydrogen-bond acceptors (Lipinski definition) is 3. The van der Waals surface area contributed by atoms with Crippen molar-refractivity contribution in [1.29, 1.82) is 0 Å². The molecule has 0 fully saturated rings. The van der Waals surface area contributed by atoms with Crippen molar-refractivity contribution in [2.75, 3.05) is 0 Å². The van der Waals surface area contributed by atoms with Crippen molar-refractivity contribution < 1.29 is 9.52 Å². The van der Waals surface area contributed by atoms with Crippen LogP contribution in [0.25, 0.3) is 11.1 Å². The Hall–Kier alpha value is -2.33. The lowest BCUT2D eigenvalue weighted by Gasteiger charge is -2.19. The summed E-state index contributed by atoms with van der Waals surface area (Å²) in [6.45, 7) is 1.97. The Morgan fingerprint density at radius 3 is 2.60 bits per heavy atom. The molecule has 0 saturated heterocycles. The first-order valence-electron chi connectivity index (χ1n) is 6.51. The molecule has 4 heteroatoms. The van der Waals surface area contributed by atoms with E-state index in [1.807, 2.05) is 37.3 Å². The van der Waals surface area contributed by atoms with E-state index in [0.29, 0.717) is 11.1 Å². The van der Waals surface area contributed by atoms with E-state index in [2.05, 4.69) is 4.98 Å². The molecule has 102 valence electrons. The molecule has 0 radical (unpaired) electrons. The zero-order valence-corrected chi connectivity index (χ0v) is 11.0. The van der Waals surface area contributed by atoms with E-state index in [4.69, 9.17) is 4.42 Å². The highest BCUT2D eigenvalue weighted by Gasteiger charge is 2.19. The molecule has 20 heavy (non-hydrogen) atoms. The third-order valence-electron chi connectivity index (χ3n) is 3.59. The number of nitrogens with one attached hydrogen (secondary N) is 1. The van der Waals surface area contributed by atoms with E-state index in [1.54, 1.807) is 18.2 Å². The monoisotopic (exact) mass is 269 g/mol. The molecule has 3 rings (SSSR count). The quantitative estimate of drug-likeness (QED) is 0.768. The lowest BCUT2D eigenvalue weighted by Crippen LogP contribution is -2.07. The molecule has 2 N–H and O–H groups in total. The summed E-state index contributed by atoms with van der Waals surface area (Å²) >= 11 is 0. The Kier molecular flexibility index (Phi) is 3.16. The van der Waals surface area contributed by atoms with Crippen molar-refractivity contribution >= 4 is 11.1 Å². The van der Waals surface area contributed by atoms with E-state index in [0.717, 1.165) is 11.1 Å². The lowest BCUT2D eigenvalue weighted by molar-refractivity contribution is 0.151. The van der Waals surface area contributed by atoms with Gasteiger partial charge in [0.2, 0.25) is 0 Å². The molecule has 2 unspecified atom stereocenters. The predicted molar refractivity (Wildman–Crippen MR) is 76.7 cm³/mol. The van der Waals surface area contributed by atoms with Crippen LogP contribution in [-0.2, 0) is 0 Å². The summed E-state index contributed by atoms with van der Waals surface area (Å²) in [6.07, 6.45) is -0.651. The van der Waals surface area contributed by atoms with Gasteiger partial charge in [0.1, 0.15) is 0 Å². The van der Waals surface area contributed by atoms with Crippen LogP contribution in [-0.4, -0.2) is 10.1 Å². The van der Waals surface area contributed by atoms with Crippen molar-refractivity contribution in [1.82, 2.24) is 4.98 Å². The summed E-state index contributed by atoms with van der Waals surface area (Å²) in [4.78, 5) is 13.7. The number of aromatic nitrogens is 1. The molecule has 0 aliphatic carbocycles. The van der Waals surface area contributed by atoms with Gasteiger partial charge in [-0.2, -0.15) is 0 Å². The predicted octanol–water partition coefficient (Wildman–Crippen LogP) is 2.96. The third kappa shape index (κ3) is 2.26. The van der Waals surface area contributed by atoms with Gasteiger partial charge in [-0.15, -0.1) is 0 Å². The second-order valence-electron chi connectivity index (χ2n) is 4.91. The first kappa shape index (κ1) is 12.7. The van der Waals surface area contributed by atoms with Crippen LogP contribution in [0.4, 0.5) is 0 Å². The molecule has 0 saturated carbocycles. The number of aliphatic hydroxyl groups excluding tert-OH is 1. The lowest BCUT2D eigenvalue weighted by atomic mass is 9.91. The molecule has 3 aromatic rings. The standard InChI is InChI=1S/C16H15NO3/c1-10(11-5-3-2-4-6-11)15(18)12-7-8-13-14(9-12)20-16(19)17-13/h2-10,15,18H,1H3,(H,17,19). The maximum Gasteiger partial charge on any atom is 0.417 e. The van der Waals surface area contributed by atoms with Gasteiger partial charge in [-0.1, -0.05) is 43.3 Å². The number of aliphatic hydroxyl groups is 1. The Balaban J connectivity index is 1.95. The summed E-state index contributed by atoms with van der Waals surface area (Å²) < 4.78 is 5.02. The molecule has 0 aliphatic rings. The average Bonchev–Trinajstić information content (AvgIpc) is 2.85. The fourth-order valence-electron chi connectivity index (χ4n) is 2.37. The summed E-state index contributed by atoms with van der Waals surface area (Å²) in [5.41, 5.74) is 2.90. The van der Waals surface area contributed by atoms with Crippen molar-refractivity contribution in [3.05, 3.63) is 70.2 Å². The van der Waals surface area contributed by atoms with Gasteiger partial charge in [-0.3, -0.25) is 4.98 Å². The number of hydrogen-bond donors (Lipinski definition) is 2. The van der Waals surface area contributed by atoms with Crippen molar-refractivity contribution in [3.8, 4) is 0 Å². The average molecular weight is 269 g/mol. The first-order valence-corrected chi connectivity index (χ1v) is 6.51. The Morgan fingerprint density at radius 1 is 1.10 bits per heavy atom. The van der Waals surface area contributed by atoms with Crippen LogP contribution in [0.3, 0.4) is 0 Å². The number of oxazole rings is 1. The molecule has 1 aromatic heterocycles. The zero-order valence-electron chi connectivity index (χ0n) is 11.0. The molecular formula is C16H15NO3. The summed E-state index contributed by atoms with van der Waals surface area (Å²) in [5.74, 6) is -0.526. The SMILES string of the molecule is CC(c1ccccc1)C(O)c1ccc2[nH]c(=O)oc2c1. The second-order valence-corrected chi connectivity index (χ2v) is 4.91. The number of benzene rings is 2. The van der Waals surface area contributed by atoms with Crippen molar-refractivity contribution in [3.63, 3.8) is 0 Å². The second kappa shape index (κ2) is 4.98. The molecule has 0 amide bonds. The van der Waals surface area contributed by atoms with Gasteiger partial charge in [0.05, 0.1) is 11.6 Å². The molecule has 0 bridgehead atoms. The number of rotatable bonds is 3. The summed E-state index contributed by atoms with van der Waals surface area (Å²) in [7, 11) is 0. The van der Waals surface area contributed by atoms with Crippen LogP contribution in [0, 0.1) is 0 Å². The smallest absolute Gasteiger partial charge is 0.408 e. The van der Waals surface area contributed by atoms with Crippen LogP contribution in [0.1, 0.15) is 30.1 Å². The van der Waals surface area contributed by atoms with Gasteiger partial charge in [-0.05, 0) is 23.3 Å². The molecule has 1 heterocycles. The Labute approximate surface area is 115 Å². The van der Waals surface area contributed by atoms with E-state index < -0.39 is 11.9 Å². The van der Waals surface area contributed by atoms with Crippen molar-refractivity contribution in [2.24, 2.45) is 0 Å². The summed E-state index contributed by atoms with van der Waals surface area (Å²) in [6, 6.07) is 15.1. The Bertz CT molecular complexity index is 773. The largest absolute Gasteiger partial charge is 0.417 e. The summed E-state index contributed by atoms with van der Waals surface area (Å²) in [5, 5.41) is 10.5.